The van der Waals surface area contributed by atoms with Crippen LogP contribution in [-0.2, 0) is 16.6 Å². The van der Waals surface area contributed by atoms with Gasteiger partial charge in [-0.2, -0.15) is 0 Å². The van der Waals surface area contributed by atoms with E-state index in [0.717, 1.165) is 19.3 Å². The monoisotopic (exact) mass is 243 g/mol. The predicted molar refractivity (Wildman–Crippen MR) is 73.6 cm³/mol. The van der Waals surface area contributed by atoms with Gasteiger partial charge in [-0.1, -0.05) is 50.5 Å². The summed E-state index contributed by atoms with van der Waals surface area (Å²) in [5.74, 6) is 0. The molecule has 1 aromatic carbocycles. The van der Waals surface area contributed by atoms with Gasteiger partial charge in [0.25, 0.3) is 0 Å². The number of hydrogen-bond donors (Lipinski definition) is 0. The van der Waals surface area contributed by atoms with E-state index in [0.29, 0.717) is 6.54 Å². The molecule has 0 aromatic heterocycles. The number of carbonyl (C=O) groups excluding carboxylic acids is 1. The van der Waals surface area contributed by atoms with Crippen molar-refractivity contribution in [1.82, 2.24) is 0 Å². The van der Waals surface area contributed by atoms with Crippen LogP contribution in [0.4, 0.5) is 0 Å². The Kier molecular flexibility index (Phi) is 4.33. The molecule has 0 radical (unpaired) electrons. The van der Waals surface area contributed by atoms with Crippen molar-refractivity contribution in [3.05, 3.63) is 35.4 Å². The van der Waals surface area contributed by atoms with Crippen LogP contribution >= 0.6 is 0 Å². The zero-order valence-corrected chi connectivity index (χ0v) is 11.1. The van der Waals surface area contributed by atoms with Crippen molar-refractivity contribution in [1.29, 1.82) is 0 Å². The number of hydrogen-bond acceptors (Lipinski definition) is 2. The Morgan fingerprint density at radius 2 is 1.83 bits per heavy atom. The molecule has 2 heteroatoms. The van der Waals surface area contributed by atoms with Crippen molar-refractivity contribution >= 4 is 6.08 Å². The first-order chi connectivity index (χ1) is 8.80. The average molecular weight is 243 g/mol. The molecule has 0 aliphatic heterocycles. The molecule has 0 unspecified atom stereocenters. The van der Waals surface area contributed by atoms with Gasteiger partial charge in [-0.3, -0.25) is 0 Å². The fourth-order valence-electron chi connectivity index (χ4n) is 3.04. The lowest BCUT2D eigenvalue weighted by molar-refractivity contribution is 0.301. The van der Waals surface area contributed by atoms with Crippen molar-refractivity contribution in [3.63, 3.8) is 0 Å². The number of nitrogens with zero attached hydrogens (tertiary/aromatic N) is 1. The van der Waals surface area contributed by atoms with Crippen LogP contribution in [0.25, 0.3) is 0 Å². The Hall–Kier alpha value is -1.40. The molecule has 2 rings (SSSR count). The summed E-state index contributed by atoms with van der Waals surface area (Å²) in [4.78, 5) is 14.3. The standard InChI is InChI=1S/C16H21NO/c1-2-14-6-8-15(9-7-14)16(12-17-13-18)10-4-3-5-11-16/h6-9H,2-5,10-12H2,1H3. The highest BCUT2D eigenvalue weighted by Gasteiger charge is 2.33. The van der Waals surface area contributed by atoms with Crippen molar-refractivity contribution in [2.75, 3.05) is 6.54 Å². The van der Waals surface area contributed by atoms with Gasteiger partial charge in [0.1, 0.15) is 0 Å². The maximum atomic E-state index is 10.4. The molecule has 0 atom stereocenters. The molecule has 96 valence electrons. The van der Waals surface area contributed by atoms with Gasteiger partial charge in [-0.25, -0.2) is 9.79 Å². The van der Waals surface area contributed by atoms with Gasteiger partial charge < -0.3 is 0 Å². The number of aliphatic imine (C=N–C) groups is 1. The first-order valence-electron chi connectivity index (χ1n) is 6.94. The summed E-state index contributed by atoms with van der Waals surface area (Å²) >= 11 is 0. The van der Waals surface area contributed by atoms with Crippen LogP contribution in [0.3, 0.4) is 0 Å². The maximum absolute atomic E-state index is 10.4. The lowest BCUT2D eigenvalue weighted by Gasteiger charge is -2.36. The fourth-order valence-corrected chi connectivity index (χ4v) is 3.04. The van der Waals surface area contributed by atoms with Gasteiger partial charge >= 0.3 is 0 Å². The summed E-state index contributed by atoms with van der Waals surface area (Å²) in [6, 6.07) is 8.86. The van der Waals surface area contributed by atoms with Crippen molar-refractivity contribution < 1.29 is 4.79 Å². The summed E-state index contributed by atoms with van der Waals surface area (Å²) in [6.45, 7) is 2.77. The van der Waals surface area contributed by atoms with Crippen molar-refractivity contribution in [2.24, 2.45) is 4.99 Å². The van der Waals surface area contributed by atoms with E-state index in [1.807, 2.05) is 0 Å². The fraction of sp³-hybridized carbons (Fsp3) is 0.562. The zero-order chi connectivity index (χ0) is 12.8. The molecule has 1 fully saturated rings. The highest BCUT2D eigenvalue weighted by atomic mass is 16.1. The molecule has 1 saturated carbocycles. The third-order valence-electron chi connectivity index (χ3n) is 4.23. The van der Waals surface area contributed by atoms with Crippen molar-refractivity contribution in [2.45, 2.75) is 50.9 Å². The third kappa shape index (κ3) is 2.70. The van der Waals surface area contributed by atoms with Gasteiger partial charge in [0, 0.05) is 5.41 Å². The molecule has 1 aliphatic carbocycles. The van der Waals surface area contributed by atoms with E-state index in [1.165, 1.54) is 30.4 Å². The molecule has 1 aliphatic rings. The number of aryl methyl sites for hydroxylation is 1. The zero-order valence-electron chi connectivity index (χ0n) is 11.1. The van der Waals surface area contributed by atoms with Crippen LogP contribution in [-0.4, -0.2) is 12.6 Å². The van der Waals surface area contributed by atoms with Crippen LogP contribution in [0.2, 0.25) is 0 Å². The predicted octanol–water partition coefficient (Wildman–Crippen LogP) is 3.79. The molecule has 18 heavy (non-hydrogen) atoms. The van der Waals surface area contributed by atoms with E-state index < -0.39 is 0 Å². The number of rotatable bonds is 4. The van der Waals surface area contributed by atoms with Crippen LogP contribution in [0.5, 0.6) is 0 Å². The summed E-state index contributed by atoms with van der Waals surface area (Å²) < 4.78 is 0. The third-order valence-corrected chi connectivity index (χ3v) is 4.23. The molecular formula is C16H21NO. The van der Waals surface area contributed by atoms with E-state index in [2.05, 4.69) is 36.2 Å². The van der Waals surface area contributed by atoms with Crippen LogP contribution in [0.15, 0.2) is 29.3 Å². The number of isocyanates is 1. The molecular weight excluding hydrogens is 222 g/mol. The van der Waals surface area contributed by atoms with Crippen LogP contribution in [0.1, 0.15) is 50.2 Å². The minimum absolute atomic E-state index is 0.0852. The smallest absolute Gasteiger partial charge is 0.211 e. The van der Waals surface area contributed by atoms with Gasteiger partial charge in [0.05, 0.1) is 6.54 Å². The average Bonchev–Trinajstić information content (AvgIpc) is 2.46. The van der Waals surface area contributed by atoms with E-state index in [-0.39, 0.29) is 5.41 Å². The first-order valence-corrected chi connectivity index (χ1v) is 6.94. The largest absolute Gasteiger partial charge is 0.234 e. The Morgan fingerprint density at radius 1 is 1.17 bits per heavy atom. The molecule has 0 bridgehead atoms. The normalized spacial score (nSPS) is 18.1. The minimum Gasteiger partial charge on any atom is -0.211 e. The van der Waals surface area contributed by atoms with Gasteiger partial charge in [0.15, 0.2) is 0 Å². The van der Waals surface area contributed by atoms with Gasteiger partial charge in [-0.15, -0.1) is 0 Å². The Labute approximate surface area is 109 Å². The Morgan fingerprint density at radius 3 is 2.39 bits per heavy atom. The SMILES string of the molecule is CCc1ccc(C2(CN=C=O)CCCCC2)cc1. The highest BCUT2D eigenvalue weighted by molar-refractivity contribution is 5.35. The van der Waals surface area contributed by atoms with Crippen LogP contribution < -0.4 is 0 Å². The second-order valence-electron chi connectivity index (χ2n) is 5.30. The summed E-state index contributed by atoms with van der Waals surface area (Å²) in [5.41, 5.74) is 2.80. The van der Waals surface area contributed by atoms with E-state index in [4.69, 9.17) is 0 Å². The van der Waals surface area contributed by atoms with Crippen molar-refractivity contribution in [3.8, 4) is 0 Å². The molecule has 0 amide bonds. The molecule has 0 spiro atoms. The molecule has 2 nitrogen and oxygen atoms in total. The second-order valence-corrected chi connectivity index (χ2v) is 5.30. The van der Waals surface area contributed by atoms with E-state index in [9.17, 15) is 4.79 Å². The maximum Gasteiger partial charge on any atom is 0.234 e. The van der Waals surface area contributed by atoms with Gasteiger partial charge in [0.2, 0.25) is 6.08 Å². The van der Waals surface area contributed by atoms with Crippen LogP contribution in [0, 0.1) is 0 Å². The second kappa shape index (κ2) is 5.97. The Balaban J connectivity index is 2.28. The quantitative estimate of drug-likeness (QED) is 0.584. The summed E-state index contributed by atoms with van der Waals surface area (Å²) in [5, 5.41) is 0. The molecule has 0 heterocycles. The van der Waals surface area contributed by atoms with Gasteiger partial charge in [-0.05, 0) is 30.4 Å². The van der Waals surface area contributed by atoms with E-state index in [1.54, 1.807) is 6.08 Å². The lowest BCUT2D eigenvalue weighted by Crippen LogP contribution is -2.32. The van der Waals surface area contributed by atoms with E-state index >= 15 is 0 Å². The molecule has 0 N–H and O–H groups in total. The lowest BCUT2D eigenvalue weighted by atomic mass is 9.69. The summed E-state index contributed by atoms with van der Waals surface area (Å²) in [7, 11) is 0. The Bertz CT molecular complexity index is 423. The first kappa shape index (κ1) is 13.0. The molecule has 0 saturated heterocycles. The molecule has 1 aromatic rings. The number of benzene rings is 1. The highest BCUT2D eigenvalue weighted by Crippen LogP contribution is 2.39. The minimum atomic E-state index is 0.0852. The topological polar surface area (TPSA) is 29.4 Å². The summed E-state index contributed by atoms with van der Waals surface area (Å²) in [6.07, 6.45) is 8.85.